The van der Waals surface area contributed by atoms with Crippen LogP contribution in [0.15, 0.2) is 55.1 Å². The average molecular weight is 374 g/mol. The number of hydrogen-bond acceptors (Lipinski definition) is 1. The minimum atomic E-state index is -2.40. The zero-order valence-electron chi connectivity index (χ0n) is 9.08. The molecule has 0 atom stereocenters. The van der Waals surface area contributed by atoms with Crippen LogP contribution in [0.2, 0.25) is 0 Å². The zero-order chi connectivity index (χ0) is 12.2. The number of halogens is 2. The topological polar surface area (TPSA) is 17.1 Å². The number of fused-ring (bicyclic) bond motifs is 3. The van der Waals surface area contributed by atoms with Gasteiger partial charge < -0.3 is 0 Å². The van der Waals surface area contributed by atoms with E-state index in [1.807, 2.05) is 42.7 Å². The number of hydrogen-bond donors (Lipinski definition) is 1. The van der Waals surface area contributed by atoms with Crippen LogP contribution in [0.4, 0.5) is 0 Å². The molecule has 0 amide bonds. The van der Waals surface area contributed by atoms with Crippen LogP contribution >= 0.6 is 31.9 Å². The van der Waals surface area contributed by atoms with Crippen LogP contribution < -0.4 is 0 Å². The highest BCUT2D eigenvalue weighted by Gasteiger charge is 2.30. The van der Waals surface area contributed by atoms with Crippen molar-refractivity contribution < 1.29 is 4.21 Å². The van der Waals surface area contributed by atoms with Crippen molar-refractivity contribution in [1.82, 2.24) is 0 Å². The molecular formula is C13H10Br2OS. The maximum Gasteiger partial charge on any atom is 0.0265 e. The van der Waals surface area contributed by atoms with E-state index < -0.39 is 9.93 Å². The Morgan fingerprint density at radius 2 is 1.29 bits per heavy atom. The summed E-state index contributed by atoms with van der Waals surface area (Å²) < 4.78 is 14.9. The maximum absolute atomic E-state index is 12.9. The summed E-state index contributed by atoms with van der Waals surface area (Å²) in [5, 5.41) is 0. The van der Waals surface area contributed by atoms with Gasteiger partial charge in [0.15, 0.2) is 0 Å². The third kappa shape index (κ3) is 1.65. The fourth-order valence-corrected chi connectivity index (χ4v) is 5.31. The fraction of sp³-hybridized carbons (Fsp3) is 0.0769. The van der Waals surface area contributed by atoms with Gasteiger partial charge in [0.05, 0.1) is 0 Å². The van der Waals surface area contributed by atoms with Crippen molar-refractivity contribution in [3.8, 4) is 11.1 Å². The van der Waals surface area contributed by atoms with E-state index in [0.717, 1.165) is 29.9 Å². The van der Waals surface area contributed by atoms with E-state index in [1.165, 1.54) is 0 Å². The van der Waals surface area contributed by atoms with Crippen molar-refractivity contribution >= 4 is 41.8 Å². The molecule has 0 saturated carbocycles. The minimum absolute atomic E-state index is 0.966. The molecule has 1 heterocycles. The summed E-state index contributed by atoms with van der Waals surface area (Å²) in [6.45, 7) is 0. The Morgan fingerprint density at radius 3 is 1.71 bits per heavy atom. The molecule has 88 valence electrons. The molecule has 3 rings (SSSR count). The first-order valence-electron chi connectivity index (χ1n) is 5.18. The summed E-state index contributed by atoms with van der Waals surface area (Å²) in [6.07, 6.45) is 1.85. The summed E-state index contributed by atoms with van der Waals surface area (Å²) in [6, 6.07) is 11.9. The predicted octanol–water partition coefficient (Wildman–Crippen LogP) is 4.26. The highest BCUT2D eigenvalue weighted by Crippen LogP contribution is 2.47. The number of thiol groups is 1. The molecule has 1 aliphatic heterocycles. The van der Waals surface area contributed by atoms with E-state index in [2.05, 4.69) is 31.9 Å². The lowest BCUT2D eigenvalue weighted by molar-refractivity contribution is 0.676. The molecule has 0 saturated heterocycles. The van der Waals surface area contributed by atoms with Gasteiger partial charge in [-0.3, -0.25) is 4.21 Å². The normalized spacial score (nSPS) is 17.4. The second-order valence-electron chi connectivity index (χ2n) is 4.25. The summed E-state index contributed by atoms with van der Waals surface area (Å²) in [7, 11) is -2.40. The molecule has 0 fully saturated rings. The summed E-state index contributed by atoms with van der Waals surface area (Å²) in [5.41, 5.74) is 2.17. The second kappa shape index (κ2) is 3.77. The van der Waals surface area contributed by atoms with Gasteiger partial charge in [-0.05, 0) is 53.8 Å². The largest absolute Gasteiger partial charge is 0.276 e. The van der Waals surface area contributed by atoms with Crippen LogP contribution in [0.5, 0.6) is 0 Å². The quantitative estimate of drug-likeness (QED) is 0.683. The summed E-state index contributed by atoms with van der Waals surface area (Å²) in [5.74, 6) is 0. The van der Waals surface area contributed by atoms with E-state index >= 15 is 0 Å². The first-order chi connectivity index (χ1) is 8.00. The monoisotopic (exact) mass is 372 g/mol. The van der Waals surface area contributed by atoms with Crippen molar-refractivity contribution in [2.24, 2.45) is 0 Å². The molecule has 0 unspecified atom stereocenters. The van der Waals surface area contributed by atoms with Crippen LogP contribution in [0.3, 0.4) is 0 Å². The van der Waals surface area contributed by atoms with Crippen molar-refractivity contribution in [2.75, 3.05) is 6.26 Å². The molecular weight excluding hydrogens is 364 g/mol. The molecule has 2 aromatic carbocycles. The smallest absolute Gasteiger partial charge is 0.0265 e. The van der Waals surface area contributed by atoms with E-state index in [0.29, 0.717) is 0 Å². The molecule has 0 aliphatic carbocycles. The first-order valence-corrected chi connectivity index (χ1v) is 8.92. The predicted molar refractivity (Wildman–Crippen MR) is 79.3 cm³/mol. The van der Waals surface area contributed by atoms with Crippen molar-refractivity contribution in [1.29, 1.82) is 0 Å². The van der Waals surface area contributed by atoms with Crippen LogP contribution in [-0.4, -0.2) is 10.5 Å². The van der Waals surface area contributed by atoms with Gasteiger partial charge in [0, 0.05) is 18.7 Å². The summed E-state index contributed by atoms with van der Waals surface area (Å²) >= 11 is 6.94. The average Bonchev–Trinajstić information content (AvgIpc) is 2.47. The zero-order valence-corrected chi connectivity index (χ0v) is 13.1. The van der Waals surface area contributed by atoms with Crippen LogP contribution in [0.1, 0.15) is 0 Å². The Kier molecular flexibility index (Phi) is 2.58. The molecule has 4 heteroatoms. The van der Waals surface area contributed by atoms with Gasteiger partial charge in [-0.15, -0.1) is 0 Å². The lowest BCUT2D eigenvalue weighted by Crippen LogP contribution is -2.05. The standard InChI is InChI=1S/C13H10Br2OS/c1-17(16)12-4-2-8(14)6-10(12)11-7-9(15)3-5-13(11)17/h2-7,17H,1H3. The molecule has 1 aliphatic rings. The van der Waals surface area contributed by atoms with E-state index in [-0.39, 0.29) is 0 Å². The molecule has 0 spiro atoms. The Bertz CT molecular complexity index is 624. The Hall–Kier alpha value is -0.450. The molecule has 0 N–H and O–H groups in total. The molecule has 0 radical (unpaired) electrons. The van der Waals surface area contributed by atoms with E-state index in [4.69, 9.17) is 0 Å². The second-order valence-corrected chi connectivity index (χ2v) is 8.89. The minimum Gasteiger partial charge on any atom is -0.276 e. The third-order valence-corrected chi connectivity index (χ3v) is 6.73. The highest BCUT2D eigenvalue weighted by molar-refractivity contribution is 9.10. The molecule has 17 heavy (non-hydrogen) atoms. The molecule has 0 bridgehead atoms. The Balaban J connectivity index is 2.44. The third-order valence-electron chi connectivity index (χ3n) is 3.13. The van der Waals surface area contributed by atoms with E-state index in [9.17, 15) is 4.21 Å². The van der Waals surface area contributed by atoms with Crippen LogP contribution in [0.25, 0.3) is 11.1 Å². The van der Waals surface area contributed by atoms with Gasteiger partial charge in [-0.25, -0.2) is 0 Å². The van der Waals surface area contributed by atoms with Crippen LogP contribution in [-0.2, 0) is 9.93 Å². The number of benzene rings is 2. The van der Waals surface area contributed by atoms with Gasteiger partial charge in [-0.1, -0.05) is 41.8 Å². The number of rotatable bonds is 0. The van der Waals surface area contributed by atoms with Crippen molar-refractivity contribution in [2.45, 2.75) is 9.79 Å². The lowest BCUT2D eigenvalue weighted by atomic mass is 10.1. The molecule has 2 aromatic rings. The van der Waals surface area contributed by atoms with Gasteiger partial charge in [-0.2, -0.15) is 0 Å². The molecule has 0 aromatic heterocycles. The van der Waals surface area contributed by atoms with Gasteiger partial charge in [0.2, 0.25) is 0 Å². The molecule has 1 nitrogen and oxygen atoms in total. The fourth-order valence-electron chi connectivity index (χ4n) is 2.32. The Labute approximate surface area is 118 Å². The maximum atomic E-state index is 12.9. The Morgan fingerprint density at radius 1 is 0.882 bits per heavy atom. The van der Waals surface area contributed by atoms with Crippen molar-refractivity contribution in [3.05, 3.63) is 45.3 Å². The van der Waals surface area contributed by atoms with Crippen molar-refractivity contribution in [3.63, 3.8) is 0 Å². The van der Waals surface area contributed by atoms with Gasteiger partial charge in [0.25, 0.3) is 0 Å². The van der Waals surface area contributed by atoms with Gasteiger partial charge in [0.1, 0.15) is 0 Å². The van der Waals surface area contributed by atoms with Crippen LogP contribution in [0, 0.1) is 0 Å². The first kappa shape index (κ1) is 11.6. The summed E-state index contributed by atoms with van der Waals surface area (Å²) in [4.78, 5) is 1.93. The lowest BCUT2D eigenvalue weighted by Gasteiger charge is -2.14. The SMILES string of the molecule is C[SH]1(=O)c2ccc(Br)cc2-c2cc(Br)ccc21. The van der Waals surface area contributed by atoms with Gasteiger partial charge >= 0.3 is 0 Å². The van der Waals surface area contributed by atoms with E-state index in [1.54, 1.807) is 0 Å². The highest BCUT2D eigenvalue weighted by atomic mass is 79.9.